The fourth-order valence-corrected chi connectivity index (χ4v) is 4.44. The van der Waals surface area contributed by atoms with Gasteiger partial charge in [-0.1, -0.05) is 55.5 Å². The number of para-hydroxylation sites is 1. The van der Waals surface area contributed by atoms with Crippen molar-refractivity contribution in [3.8, 4) is 11.3 Å². The number of aromatic nitrogens is 1. The predicted molar refractivity (Wildman–Crippen MR) is 107 cm³/mol. The van der Waals surface area contributed by atoms with Gasteiger partial charge in [0, 0.05) is 36.0 Å². The molecule has 1 aromatic heterocycles. The van der Waals surface area contributed by atoms with E-state index in [1.165, 1.54) is 27.7 Å². The van der Waals surface area contributed by atoms with Crippen LogP contribution in [0, 0.1) is 0 Å². The van der Waals surface area contributed by atoms with Crippen molar-refractivity contribution >= 4 is 16.8 Å². The summed E-state index contributed by atoms with van der Waals surface area (Å²) < 4.78 is 2.29. The van der Waals surface area contributed by atoms with Crippen molar-refractivity contribution in [2.75, 3.05) is 0 Å². The summed E-state index contributed by atoms with van der Waals surface area (Å²) in [5.41, 5.74) is 4.98. The molecule has 1 aliphatic rings. The van der Waals surface area contributed by atoms with Crippen LogP contribution in [0.2, 0.25) is 0 Å². The van der Waals surface area contributed by atoms with Crippen LogP contribution in [0.3, 0.4) is 0 Å². The van der Waals surface area contributed by atoms with Crippen molar-refractivity contribution in [2.24, 2.45) is 7.05 Å². The molecule has 3 heteroatoms. The standard InChI is InChI=1S/C23H26N2O/c1-4-16(2)25-20(14-15-21(25)26)22-18-12-8-9-13-19(18)24(3)23(22)17-10-6-5-7-11-17/h5-13,16,20H,4,14-15H2,1-3H3. The summed E-state index contributed by atoms with van der Waals surface area (Å²) in [4.78, 5) is 14.8. The summed E-state index contributed by atoms with van der Waals surface area (Å²) in [7, 11) is 2.14. The second-order valence-corrected chi connectivity index (χ2v) is 7.32. The number of aryl methyl sites for hydroxylation is 1. The van der Waals surface area contributed by atoms with Crippen LogP contribution in [-0.4, -0.2) is 21.4 Å². The van der Waals surface area contributed by atoms with Gasteiger partial charge in [0.1, 0.15) is 0 Å². The van der Waals surface area contributed by atoms with Crippen LogP contribution < -0.4 is 0 Å². The molecule has 1 saturated heterocycles. The fraction of sp³-hybridized carbons (Fsp3) is 0.348. The van der Waals surface area contributed by atoms with E-state index in [4.69, 9.17) is 0 Å². The zero-order valence-corrected chi connectivity index (χ0v) is 15.8. The summed E-state index contributed by atoms with van der Waals surface area (Å²) in [6, 6.07) is 19.5. The average molecular weight is 346 g/mol. The number of nitrogens with zero attached hydrogens (tertiary/aromatic N) is 2. The van der Waals surface area contributed by atoms with Crippen LogP contribution in [0.15, 0.2) is 54.6 Å². The molecule has 1 amide bonds. The SMILES string of the molecule is CCC(C)N1C(=O)CCC1c1c(-c2ccccc2)n(C)c2ccccc12. The van der Waals surface area contributed by atoms with Crippen LogP contribution in [0.25, 0.3) is 22.2 Å². The highest BCUT2D eigenvalue weighted by atomic mass is 16.2. The van der Waals surface area contributed by atoms with Gasteiger partial charge in [-0.15, -0.1) is 0 Å². The minimum Gasteiger partial charge on any atom is -0.343 e. The van der Waals surface area contributed by atoms with Gasteiger partial charge in [0.25, 0.3) is 0 Å². The lowest BCUT2D eigenvalue weighted by Crippen LogP contribution is -2.35. The van der Waals surface area contributed by atoms with Crippen LogP contribution in [0.4, 0.5) is 0 Å². The lowest BCUT2D eigenvalue weighted by molar-refractivity contribution is -0.131. The van der Waals surface area contributed by atoms with Gasteiger partial charge in [-0.05, 0) is 31.4 Å². The van der Waals surface area contributed by atoms with Gasteiger partial charge in [-0.2, -0.15) is 0 Å². The van der Waals surface area contributed by atoms with Crippen LogP contribution >= 0.6 is 0 Å². The van der Waals surface area contributed by atoms with Gasteiger partial charge < -0.3 is 9.47 Å². The highest BCUT2D eigenvalue weighted by Crippen LogP contribution is 2.44. The van der Waals surface area contributed by atoms with Crippen molar-refractivity contribution in [2.45, 2.75) is 45.2 Å². The number of hydrogen-bond acceptors (Lipinski definition) is 1. The van der Waals surface area contributed by atoms with Crippen molar-refractivity contribution < 1.29 is 4.79 Å². The number of carbonyl (C=O) groups is 1. The Labute approximate surface area is 155 Å². The number of carbonyl (C=O) groups excluding carboxylic acids is 1. The first-order valence-corrected chi connectivity index (χ1v) is 9.57. The Hall–Kier alpha value is -2.55. The van der Waals surface area contributed by atoms with E-state index in [-0.39, 0.29) is 18.0 Å². The van der Waals surface area contributed by atoms with Gasteiger partial charge in [-0.25, -0.2) is 0 Å². The lowest BCUT2D eigenvalue weighted by Gasteiger charge is -2.31. The van der Waals surface area contributed by atoms with Crippen LogP contribution in [0.5, 0.6) is 0 Å². The van der Waals surface area contributed by atoms with Gasteiger partial charge in [0.15, 0.2) is 0 Å². The molecule has 1 aliphatic heterocycles. The molecule has 134 valence electrons. The third-order valence-corrected chi connectivity index (χ3v) is 5.85. The van der Waals surface area contributed by atoms with Gasteiger partial charge in [0.05, 0.1) is 11.7 Å². The Morgan fingerprint density at radius 1 is 1.08 bits per heavy atom. The zero-order chi connectivity index (χ0) is 18.3. The van der Waals surface area contributed by atoms with Gasteiger partial charge in [-0.3, -0.25) is 4.79 Å². The third-order valence-electron chi connectivity index (χ3n) is 5.85. The molecule has 0 aliphatic carbocycles. The summed E-state index contributed by atoms with van der Waals surface area (Å²) in [5.74, 6) is 0.288. The maximum Gasteiger partial charge on any atom is 0.223 e. The molecule has 3 aromatic rings. The zero-order valence-electron chi connectivity index (χ0n) is 15.8. The second-order valence-electron chi connectivity index (χ2n) is 7.32. The second kappa shape index (κ2) is 6.64. The fourth-order valence-electron chi connectivity index (χ4n) is 4.44. The highest BCUT2D eigenvalue weighted by Gasteiger charge is 2.38. The van der Waals surface area contributed by atoms with E-state index in [9.17, 15) is 4.79 Å². The Bertz CT molecular complexity index is 942. The van der Waals surface area contributed by atoms with Crippen molar-refractivity contribution in [3.63, 3.8) is 0 Å². The maximum absolute atomic E-state index is 12.7. The molecule has 0 spiro atoms. The first kappa shape index (κ1) is 16.9. The molecule has 0 saturated carbocycles. The van der Waals surface area contributed by atoms with E-state index in [0.29, 0.717) is 6.42 Å². The van der Waals surface area contributed by atoms with E-state index in [0.717, 1.165) is 12.8 Å². The molecule has 2 aromatic carbocycles. The van der Waals surface area contributed by atoms with Crippen LogP contribution in [-0.2, 0) is 11.8 Å². The molecule has 2 unspecified atom stereocenters. The third kappa shape index (κ3) is 2.54. The largest absolute Gasteiger partial charge is 0.343 e. The normalized spacial score (nSPS) is 18.7. The monoisotopic (exact) mass is 346 g/mol. The highest BCUT2D eigenvalue weighted by molar-refractivity contribution is 5.93. The number of likely N-dealkylation sites (tertiary alicyclic amines) is 1. The summed E-state index contributed by atoms with van der Waals surface area (Å²) in [6.45, 7) is 4.33. The Morgan fingerprint density at radius 3 is 2.50 bits per heavy atom. The molecule has 2 heterocycles. The molecule has 0 bridgehead atoms. The predicted octanol–water partition coefficient (Wildman–Crippen LogP) is 5.31. The molecule has 2 atom stereocenters. The van der Waals surface area contributed by atoms with Crippen molar-refractivity contribution in [1.82, 2.24) is 9.47 Å². The maximum atomic E-state index is 12.7. The Morgan fingerprint density at radius 2 is 1.77 bits per heavy atom. The summed E-state index contributed by atoms with van der Waals surface area (Å²) in [5, 5.41) is 1.27. The lowest BCUT2D eigenvalue weighted by atomic mass is 9.96. The average Bonchev–Trinajstić information content (AvgIpc) is 3.19. The number of rotatable bonds is 4. The smallest absolute Gasteiger partial charge is 0.223 e. The number of fused-ring (bicyclic) bond motifs is 1. The van der Waals surface area contributed by atoms with E-state index >= 15 is 0 Å². The quantitative estimate of drug-likeness (QED) is 0.629. The number of amides is 1. The molecular weight excluding hydrogens is 320 g/mol. The number of benzene rings is 2. The van der Waals surface area contributed by atoms with Crippen molar-refractivity contribution in [3.05, 3.63) is 60.2 Å². The molecule has 0 N–H and O–H groups in total. The molecular formula is C23H26N2O. The van der Waals surface area contributed by atoms with Gasteiger partial charge >= 0.3 is 0 Å². The molecule has 3 nitrogen and oxygen atoms in total. The molecule has 4 rings (SSSR count). The van der Waals surface area contributed by atoms with Gasteiger partial charge in [0.2, 0.25) is 5.91 Å². The van der Waals surface area contributed by atoms with E-state index < -0.39 is 0 Å². The summed E-state index contributed by atoms with van der Waals surface area (Å²) >= 11 is 0. The summed E-state index contributed by atoms with van der Waals surface area (Å²) in [6.07, 6.45) is 2.52. The molecule has 1 fully saturated rings. The Kier molecular flexibility index (Phi) is 4.31. The molecule has 26 heavy (non-hydrogen) atoms. The molecule has 0 radical (unpaired) electrons. The Balaban J connectivity index is 1.98. The minimum atomic E-state index is 0.152. The van der Waals surface area contributed by atoms with E-state index in [1.54, 1.807) is 0 Å². The first-order chi connectivity index (χ1) is 12.6. The topological polar surface area (TPSA) is 25.2 Å². The van der Waals surface area contributed by atoms with E-state index in [1.807, 2.05) is 0 Å². The van der Waals surface area contributed by atoms with Crippen LogP contribution in [0.1, 0.15) is 44.7 Å². The van der Waals surface area contributed by atoms with E-state index in [2.05, 4.69) is 85.0 Å². The minimum absolute atomic E-state index is 0.152. The van der Waals surface area contributed by atoms with Crippen molar-refractivity contribution in [1.29, 1.82) is 0 Å². The number of hydrogen-bond donors (Lipinski definition) is 0. The first-order valence-electron chi connectivity index (χ1n) is 9.57.